The van der Waals surface area contributed by atoms with Crippen LogP contribution in [0, 0.1) is 0 Å². The monoisotopic (exact) mass is 711 g/mol. The molecule has 13 heteroatoms. The van der Waals surface area contributed by atoms with Crippen LogP contribution in [0.4, 0.5) is 0 Å². The van der Waals surface area contributed by atoms with Crippen molar-refractivity contribution in [2.24, 2.45) is 0 Å². The molecule has 3 aromatic carbocycles. The second kappa shape index (κ2) is 20.5. The molecule has 13 nitrogen and oxygen atoms in total. The number of carboxylic acids is 1. The number of rotatable bonds is 15. The molecule has 272 valence electrons. The fourth-order valence-electron chi connectivity index (χ4n) is 4.57. The zero-order chi connectivity index (χ0) is 37.1. The van der Waals surface area contributed by atoms with Crippen LogP contribution in [0.2, 0.25) is 0 Å². The minimum absolute atomic E-state index is 0.00781. The molecule has 6 aromatic rings. The molecule has 0 aliphatic carbocycles. The Morgan fingerprint density at radius 3 is 1.44 bits per heavy atom. The van der Waals surface area contributed by atoms with Gasteiger partial charge in [-0.3, -0.25) is 4.79 Å². The average Bonchev–Trinajstić information content (AvgIpc) is 3.95. The molecular weight excluding hydrogens is 670 g/mol. The topological polar surface area (TPSA) is 180 Å². The summed E-state index contributed by atoms with van der Waals surface area (Å²) in [7, 11) is 0. The quantitative estimate of drug-likeness (QED) is 0.101. The van der Waals surface area contributed by atoms with E-state index in [4.69, 9.17) is 38.0 Å². The standard InChI is InChI=1S/C14H15NO4.C13H13NO4.C12H13NO2/c1-2-12-13(11(17)8-16)14(15-19-12)18-9-10-6-4-3-5-7-10;1-2-10-11(13(15)16)12(14-18-10)17-8-9-6-4-3-5-7-9;1-2-11-8-12(13-15-11)14-9-10-6-4-3-5-7-10/h3-7,16H,2,8-9H2,1H3;3-7H,2,8H2,1H3,(H,15,16);3-8H,2,9H2,1H3. The Morgan fingerprint density at radius 1 is 0.596 bits per heavy atom. The lowest BCUT2D eigenvalue weighted by molar-refractivity contribution is 0.0689. The second-order valence-electron chi connectivity index (χ2n) is 11.0. The number of Topliss-reactive ketones (excluding diaryl/α,β-unsaturated/α-hetero) is 1. The van der Waals surface area contributed by atoms with Gasteiger partial charge in [-0.05, 0) is 32.2 Å². The highest BCUT2D eigenvalue weighted by Crippen LogP contribution is 2.24. The molecule has 0 atom stereocenters. The number of aryl methyl sites for hydroxylation is 3. The third-order valence-electron chi connectivity index (χ3n) is 7.29. The molecule has 0 aliphatic heterocycles. The summed E-state index contributed by atoms with van der Waals surface area (Å²) in [6.45, 7) is 6.15. The van der Waals surface area contributed by atoms with Crippen molar-refractivity contribution >= 4 is 11.8 Å². The minimum atomic E-state index is -1.09. The Kier molecular flexibility index (Phi) is 15.2. The van der Waals surface area contributed by atoms with Crippen LogP contribution in [0.5, 0.6) is 17.6 Å². The number of carbonyl (C=O) groups excluding carboxylic acids is 1. The van der Waals surface area contributed by atoms with Crippen LogP contribution in [0.1, 0.15) is 75.5 Å². The molecule has 0 bridgehead atoms. The number of hydrogen-bond acceptors (Lipinski definition) is 12. The van der Waals surface area contributed by atoms with Gasteiger partial charge in [0.1, 0.15) is 37.8 Å². The van der Waals surface area contributed by atoms with Gasteiger partial charge >= 0.3 is 5.97 Å². The number of nitrogens with zero attached hydrogens (tertiary/aromatic N) is 3. The van der Waals surface area contributed by atoms with Crippen LogP contribution in [0.15, 0.2) is 111 Å². The van der Waals surface area contributed by atoms with E-state index in [2.05, 4.69) is 15.5 Å². The van der Waals surface area contributed by atoms with Crippen LogP contribution in [0.3, 0.4) is 0 Å². The molecule has 0 amide bonds. The van der Waals surface area contributed by atoms with Crippen molar-refractivity contribution in [3.63, 3.8) is 0 Å². The van der Waals surface area contributed by atoms with Gasteiger partial charge in [0.25, 0.3) is 17.6 Å². The van der Waals surface area contributed by atoms with Crippen LogP contribution in [-0.2, 0) is 39.1 Å². The molecule has 52 heavy (non-hydrogen) atoms. The molecule has 0 fully saturated rings. The lowest BCUT2D eigenvalue weighted by Crippen LogP contribution is -2.08. The predicted molar refractivity (Wildman–Crippen MR) is 188 cm³/mol. The van der Waals surface area contributed by atoms with Gasteiger partial charge in [-0.2, -0.15) is 0 Å². The summed E-state index contributed by atoms with van der Waals surface area (Å²) in [5.41, 5.74) is 3.27. The highest BCUT2D eigenvalue weighted by atomic mass is 16.5. The maximum Gasteiger partial charge on any atom is 0.344 e. The zero-order valence-electron chi connectivity index (χ0n) is 29.2. The number of aliphatic hydroxyl groups is 1. The first-order valence-electron chi connectivity index (χ1n) is 16.7. The van der Waals surface area contributed by atoms with Crippen LogP contribution in [-0.4, -0.2) is 44.0 Å². The summed E-state index contributed by atoms with van der Waals surface area (Å²) in [5.74, 6) is 0.793. The van der Waals surface area contributed by atoms with E-state index in [1.807, 2.05) is 111 Å². The van der Waals surface area contributed by atoms with Crippen LogP contribution < -0.4 is 14.2 Å². The average molecular weight is 712 g/mol. The van der Waals surface area contributed by atoms with Gasteiger partial charge < -0.3 is 38.0 Å². The van der Waals surface area contributed by atoms with Crippen LogP contribution >= 0.6 is 0 Å². The third kappa shape index (κ3) is 11.4. The van der Waals surface area contributed by atoms with Crippen molar-refractivity contribution in [3.05, 3.63) is 142 Å². The van der Waals surface area contributed by atoms with E-state index in [1.54, 1.807) is 6.92 Å². The Balaban J connectivity index is 0.000000176. The predicted octanol–water partition coefficient (Wildman–Crippen LogP) is 7.32. The molecular formula is C39H41N3O10. The Bertz CT molecular complexity index is 1940. The van der Waals surface area contributed by atoms with Crippen molar-refractivity contribution in [2.75, 3.05) is 6.61 Å². The van der Waals surface area contributed by atoms with Gasteiger partial charge in [0, 0.05) is 25.3 Å². The number of ether oxygens (including phenoxy) is 3. The number of carboxylic acid groups (broad SMARTS) is 1. The van der Waals surface area contributed by atoms with Crippen molar-refractivity contribution in [1.82, 2.24) is 15.5 Å². The van der Waals surface area contributed by atoms with Crippen molar-refractivity contribution in [3.8, 4) is 17.6 Å². The zero-order valence-corrected chi connectivity index (χ0v) is 29.2. The first-order valence-corrected chi connectivity index (χ1v) is 16.7. The number of aromatic carboxylic acids is 1. The fourth-order valence-corrected chi connectivity index (χ4v) is 4.57. The van der Waals surface area contributed by atoms with Crippen molar-refractivity contribution in [2.45, 2.75) is 59.9 Å². The smallest absolute Gasteiger partial charge is 0.344 e. The Morgan fingerprint density at radius 2 is 1.04 bits per heavy atom. The molecule has 0 saturated carbocycles. The summed E-state index contributed by atoms with van der Waals surface area (Å²) < 4.78 is 31.4. The van der Waals surface area contributed by atoms with Gasteiger partial charge in [-0.25, -0.2) is 4.79 Å². The summed E-state index contributed by atoms with van der Waals surface area (Å²) >= 11 is 0. The van der Waals surface area contributed by atoms with E-state index in [-0.39, 0.29) is 29.5 Å². The maximum absolute atomic E-state index is 11.7. The number of carbonyl (C=O) groups is 2. The lowest BCUT2D eigenvalue weighted by Gasteiger charge is -2.04. The van der Waals surface area contributed by atoms with Crippen molar-refractivity contribution < 1.29 is 47.6 Å². The number of hydrogen-bond donors (Lipinski definition) is 2. The Labute approximate surface area is 300 Å². The first-order chi connectivity index (χ1) is 25.4. The normalized spacial score (nSPS) is 10.3. The fraction of sp³-hybridized carbons (Fsp3) is 0.256. The number of ketones is 1. The second-order valence-corrected chi connectivity index (χ2v) is 11.0. The lowest BCUT2D eigenvalue weighted by atomic mass is 10.1. The summed E-state index contributed by atoms with van der Waals surface area (Å²) in [6.07, 6.45) is 1.81. The van der Waals surface area contributed by atoms with E-state index in [9.17, 15) is 9.59 Å². The van der Waals surface area contributed by atoms with E-state index >= 15 is 0 Å². The van der Waals surface area contributed by atoms with Crippen molar-refractivity contribution in [1.29, 1.82) is 0 Å². The molecule has 0 radical (unpaired) electrons. The molecule has 6 rings (SSSR count). The van der Waals surface area contributed by atoms with Gasteiger partial charge in [-0.15, -0.1) is 0 Å². The molecule has 0 saturated heterocycles. The van der Waals surface area contributed by atoms with Crippen LogP contribution in [0.25, 0.3) is 0 Å². The third-order valence-corrected chi connectivity index (χ3v) is 7.29. The first kappa shape index (κ1) is 38.6. The van der Waals surface area contributed by atoms with Gasteiger partial charge in [0.05, 0.1) is 0 Å². The van der Waals surface area contributed by atoms with Gasteiger partial charge in [0.2, 0.25) is 0 Å². The molecule has 0 unspecified atom stereocenters. The van der Waals surface area contributed by atoms with E-state index in [0.29, 0.717) is 43.5 Å². The van der Waals surface area contributed by atoms with Gasteiger partial charge in [-0.1, -0.05) is 112 Å². The largest absolute Gasteiger partial charge is 0.477 e. The summed E-state index contributed by atoms with van der Waals surface area (Å²) in [5, 5.41) is 29.2. The number of aromatic nitrogens is 3. The maximum atomic E-state index is 11.7. The van der Waals surface area contributed by atoms with E-state index in [0.717, 1.165) is 28.9 Å². The van der Waals surface area contributed by atoms with E-state index in [1.165, 1.54) is 0 Å². The molecule has 3 aromatic heterocycles. The summed E-state index contributed by atoms with van der Waals surface area (Å²) in [6, 6.07) is 30.8. The number of aliphatic hydroxyl groups excluding tert-OH is 1. The molecule has 3 heterocycles. The minimum Gasteiger partial charge on any atom is -0.477 e. The highest BCUT2D eigenvalue weighted by molar-refractivity contribution is 5.99. The molecule has 0 spiro atoms. The summed E-state index contributed by atoms with van der Waals surface area (Å²) in [4.78, 5) is 22.8. The Hall–Kier alpha value is -6.21. The van der Waals surface area contributed by atoms with E-state index < -0.39 is 18.4 Å². The SMILES string of the molecule is CCc1cc(OCc2ccccc2)no1.CCc1onc(OCc2ccccc2)c1C(=O)CO.CCc1onc(OCc2ccccc2)c1C(=O)O. The van der Waals surface area contributed by atoms with Gasteiger partial charge in [0.15, 0.2) is 22.9 Å². The number of benzene rings is 3. The highest BCUT2D eigenvalue weighted by Gasteiger charge is 2.23. The molecule has 0 aliphatic rings. The molecule has 2 N–H and O–H groups in total.